The summed E-state index contributed by atoms with van der Waals surface area (Å²) in [6.45, 7) is 1.16. The minimum atomic E-state index is 1.16. The molecule has 60 valence electrons. The Morgan fingerprint density at radius 1 is 1.18 bits per heavy atom. The average molecular weight is 151 g/mol. The van der Waals surface area contributed by atoms with Gasteiger partial charge in [0.1, 0.15) is 0 Å². The quantitative estimate of drug-likeness (QED) is 0.614. The number of hydrogen-bond donors (Lipinski definition) is 1. The summed E-state index contributed by atoms with van der Waals surface area (Å²) in [5.41, 5.74) is 0. The van der Waals surface area contributed by atoms with Gasteiger partial charge in [-0.05, 0) is 31.2 Å². The Kier molecular flexibility index (Phi) is 4.03. The van der Waals surface area contributed by atoms with Gasteiger partial charge in [0, 0.05) is 6.54 Å². The van der Waals surface area contributed by atoms with Gasteiger partial charge in [0.05, 0.1) is 12.5 Å². The van der Waals surface area contributed by atoms with E-state index in [1.807, 2.05) is 18.3 Å². The van der Waals surface area contributed by atoms with Crippen LogP contribution in [0.15, 0.2) is 41.4 Å². The van der Waals surface area contributed by atoms with Crippen molar-refractivity contribution in [3.8, 4) is 0 Å². The zero-order valence-corrected chi connectivity index (χ0v) is 6.49. The van der Waals surface area contributed by atoms with E-state index in [0.29, 0.717) is 0 Å². The first-order valence-electron chi connectivity index (χ1n) is 3.86. The van der Waals surface area contributed by atoms with Crippen molar-refractivity contribution in [2.45, 2.75) is 12.8 Å². The highest BCUT2D eigenvalue weighted by Crippen LogP contribution is 1.91. The molecule has 1 aliphatic rings. The molecule has 11 heavy (non-hydrogen) atoms. The molecule has 0 spiro atoms. The van der Waals surface area contributed by atoms with Gasteiger partial charge in [-0.25, -0.2) is 0 Å². The highest BCUT2D eigenvalue weighted by molar-refractivity contribution is 4.83. The van der Waals surface area contributed by atoms with E-state index in [1.165, 1.54) is 12.8 Å². The second-order valence-corrected chi connectivity index (χ2v) is 2.29. The van der Waals surface area contributed by atoms with Crippen molar-refractivity contribution < 1.29 is 4.42 Å². The lowest BCUT2D eigenvalue weighted by Crippen LogP contribution is -2.09. The van der Waals surface area contributed by atoms with Crippen LogP contribution in [-0.2, 0) is 0 Å². The normalized spacial score (nSPS) is 14.5. The smallest absolute Gasteiger partial charge is 0.0902 e. The van der Waals surface area contributed by atoms with Crippen molar-refractivity contribution in [2.24, 2.45) is 0 Å². The maximum atomic E-state index is 4.58. The number of rotatable bonds is 0. The largest absolute Gasteiger partial charge is 0.473 e. The third-order valence-electron chi connectivity index (χ3n) is 1.35. The molecule has 0 saturated heterocycles. The van der Waals surface area contributed by atoms with E-state index in [9.17, 15) is 0 Å². The summed E-state index contributed by atoms with van der Waals surface area (Å²) in [6.07, 6.45) is 9.98. The van der Waals surface area contributed by atoms with E-state index in [-0.39, 0.29) is 0 Å². The van der Waals surface area contributed by atoms with E-state index in [0.717, 1.165) is 6.54 Å². The number of hydrogen-bond acceptors (Lipinski definition) is 2. The van der Waals surface area contributed by atoms with Gasteiger partial charge in [-0.3, -0.25) is 0 Å². The highest BCUT2D eigenvalue weighted by Gasteiger charge is 1.84. The van der Waals surface area contributed by atoms with Crippen LogP contribution in [0.3, 0.4) is 0 Å². The Morgan fingerprint density at radius 2 is 2.00 bits per heavy atom. The van der Waals surface area contributed by atoms with Gasteiger partial charge in [0.25, 0.3) is 0 Å². The van der Waals surface area contributed by atoms with Gasteiger partial charge < -0.3 is 9.73 Å². The molecule has 0 atom stereocenters. The van der Waals surface area contributed by atoms with Crippen LogP contribution in [0.5, 0.6) is 0 Å². The molecule has 1 aromatic heterocycles. The molecule has 0 unspecified atom stereocenters. The van der Waals surface area contributed by atoms with Gasteiger partial charge in [-0.2, -0.15) is 0 Å². The van der Waals surface area contributed by atoms with E-state index in [2.05, 4.69) is 15.8 Å². The molecule has 1 aromatic rings. The predicted molar refractivity (Wildman–Crippen MR) is 45.1 cm³/mol. The Bertz CT molecular complexity index is 154. The summed E-state index contributed by atoms with van der Waals surface area (Å²) in [5, 5.41) is 3.10. The third-order valence-corrected chi connectivity index (χ3v) is 1.35. The minimum absolute atomic E-state index is 1.16. The Hall–Kier alpha value is -1.18. The molecule has 2 heteroatoms. The first-order valence-corrected chi connectivity index (χ1v) is 3.86. The number of allylic oxidation sites excluding steroid dienone is 1. The summed E-state index contributed by atoms with van der Waals surface area (Å²) in [5.74, 6) is 0. The zero-order valence-electron chi connectivity index (χ0n) is 6.49. The van der Waals surface area contributed by atoms with E-state index < -0.39 is 0 Å². The minimum Gasteiger partial charge on any atom is -0.473 e. The standard InChI is InChI=1S/C5H9N.C4H4O/c1-2-4-6-5-3-1;1-2-4-5-3-1/h2,4,6H,1,3,5H2;1-4H. The fourth-order valence-electron chi connectivity index (χ4n) is 0.799. The molecule has 1 N–H and O–H groups in total. The maximum Gasteiger partial charge on any atom is 0.0902 e. The fraction of sp³-hybridized carbons (Fsp3) is 0.333. The first-order chi connectivity index (χ1) is 5.50. The van der Waals surface area contributed by atoms with Crippen LogP contribution in [0.2, 0.25) is 0 Å². The Morgan fingerprint density at radius 3 is 2.18 bits per heavy atom. The van der Waals surface area contributed by atoms with Crippen molar-refractivity contribution in [1.82, 2.24) is 5.32 Å². The fourth-order valence-corrected chi connectivity index (χ4v) is 0.799. The number of furan rings is 1. The van der Waals surface area contributed by atoms with Crippen LogP contribution in [-0.4, -0.2) is 6.54 Å². The van der Waals surface area contributed by atoms with Gasteiger partial charge >= 0.3 is 0 Å². The monoisotopic (exact) mass is 151 g/mol. The van der Waals surface area contributed by atoms with E-state index in [4.69, 9.17) is 0 Å². The van der Waals surface area contributed by atoms with Crippen molar-refractivity contribution in [1.29, 1.82) is 0 Å². The molecule has 0 saturated carbocycles. The molecule has 2 nitrogen and oxygen atoms in total. The van der Waals surface area contributed by atoms with Gasteiger partial charge in [-0.15, -0.1) is 0 Å². The third kappa shape index (κ3) is 4.25. The summed E-state index contributed by atoms with van der Waals surface area (Å²) in [6, 6.07) is 3.67. The highest BCUT2D eigenvalue weighted by atomic mass is 16.3. The van der Waals surface area contributed by atoms with E-state index >= 15 is 0 Å². The zero-order chi connectivity index (χ0) is 7.78. The Labute approximate surface area is 66.9 Å². The van der Waals surface area contributed by atoms with Crippen molar-refractivity contribution in [3.05, 3.63) is 36.9 Å². The molecule has 0 aromatic carbocycles. The molecule has 0 fully saturated rings. The Balaban J connectivity index is 0.000000112. The summed E-state index contributed by atoms with van der Waals surface area (Å²) < 4.78 is 4.58. The average Bonchev–Trinajstić information content (AvgIpc) is 2.64. The molecule has 2 heterocycles. The molecule has 1 aliphatic heterocycles. The maximum absolute atomic E-state index is 4.58. The lowest BCUT2D eigenvalue weighted by atomic mass is 10.2. The van der Waals surface area contributed by atoms with Crippen LogP contribution in [0, 0.1) is 0 Å². The second kappa shape index (κ2) is 5.59. The molecule has 2 rings (SSSR count). The van der Waals surface area contributed by atoms with Gasteiger partial charge in [0.2, 0.25) is 0 Å². The second-order valence-electron chi connectivity index (χ2n) is 2.29. The van der Waals surface area contributed by atoms with Crippen LogP contribution in [0.4, 0.5) is 0 Å². The molecule has 0 amide bonds. The van der Waals surface area contributed by atoms with Crippen LogP contribution < -0.4 is 5.32 Å². The topological polar surface area (TPSA) is 25.2 Å². The SMILES string of the molecule is C1=CNCCC1.c1ccoc1. The van der Waals surface area contributed by atoms with Gasteiger partial charge in [0.15, 0.2) is 0 Å². The molecule has 0 aliphatic carbocycles. The van der Waals surface area contributed by atoms with Gasteiger partial charge in [-0.1, -0.05) is 6.08 Å². The van der Waals surface area contributed by atoms with Crippen LogP contribution >= 0.6 is 0 Å². The summed E-state index contributed by atoms with van der Waals surface area (Å²) in [7, 11) is 0. The molecular formula is C9H13NO. The van der Waals surface area contributed by atoms with Crippen LogP contribution in [0.1, 0.15) is 12.8 Å². The molecule has 0 radical (unpaired) electrons. The molecule has 0 bridgehead atoms. The van der Waals surface area contributed by atoms with Crippen molar-refractivity contribution in [2.75, 3.05) is 6.54 Å². The first kappa shape index (κ1) is 7.92. The summed E-state index contributed by atoms with van der Waals surface area (Å²) >= 11 is 0. The van der Waals surface area contributed by atoms with Crippen molar-refractivity contribution >= 4 is 0 Å². The summed E-state index contributed by atoms with van der Waals surface area (Å²) in [4.78, 5) is 0. The number of nitrogens with one attached hydrogen (secondary N) is 1. The lowest BCUT2D eigenvalue weighted by molar-refractivity contribution is 0.567. The van der Waals surface area contributed by atoms with Crippen LogP contribution in [0.25, 0.3) is 0 Å². The van der Waals surface area contributed by atoms with Crippen molar-refractivity contribution in [3.63, 3.8) is 0 Å². The molecular weight excluding hydrogens is 138 g/mol. The predicted octanol–water partition coefficient (Wildman–Crippen LogP) is 2.16. The lowest BCUT2D eigenvalue weighted by Gasteiger charge is -2.02. The van der Waals surface area contributed by atoms with E-state index in [1.54, 1.807) is 12.5 Å².